The lowest BCUT2D eigenvalue weighted by Crippen LogP contribution is -2.42. The van der Waals surface area contributed by atoms with Crippen LogP contribution in [0.5, 0.6) is 17.2 Å². The lowest BCUT2D eigenvalue weighted by atomic mass is 9.83. The second-order valence-electron chi connectivity index (χ2n) is 7.49. The lowest BCUT2D eigenvalue weighted by Gasteiger charge is -2.39. The number of allylic oxidation sites excluding steroid dienone is 1. The van der Waals surface area contributed by atoms with Crippen molar-refractivity contribution < 1.29 is 19.3 Å². The van der Waals surface area contributed by atoms with Gasteiger partial charge in [-0.05, 0) is 37.0 Å². The SMILES string of the molecule is C=CCc1cc(CN2CCC(O)(c3ccccc3OC)CC2)cc(OC)c1OC. The Morgan fingerprint density at radius 3 is 2.34 bits per heavy atom. The van der Waals surface area contributed by atoms with Gasteiger partial charge in [-0.2, -0.15) is 0 Å². The van der Waals surface area contributed by atoms with Crippen molar-refractivity contribution in [1.82, 2.24) is 4.90 Å². The van der Waals surface area contributed by atoms with Gasteiger partial charge < -0.3 is 19.3 Å². The van der Waals surface area contributed by atoms with Crippen LogP contribution in [0.4, 0.5) is 0 Å². The first-order valence-corrected chi connectivity index (χ1v) is 9.97. The monoisotopic (exact) mass is 397 g/mol. The van der Waals surface area contributed by atoms with Gasteiger partial charge in [0.25, 0.3) is 0 Å². The van der Waals surface area contributed by atoms with Crippen molar-refractivity contribution in [2.45, 2.75) is 31.4 Å². The number of aliphatic hydroxyl groups is 1. The van der Waals surface area contributed by atoms with E-state index in [-0.39, 0.29) is 0 Å². The topological polar surface area (TPSA) is 51.2 Å². The summed E-state index contributed by atoms with van der Waals surface area (Å²) in [5.41, 5.74) is 2.26. The number of likely N-dealkylation sites (tertiary alicyclic amines) is 1. The average molecular weight is 398 g/mol. The van der Waals surface area contributed by atoms with Gasteiger partial charge in [0.05, 0.1) is 26.9 Å². The van der Waals surface area contributed by atoms with E-state index in [1.807, 2.05) is 36.4 Å². The standard InChI is InChI=1S/C24H31NO4/c1-5-8-19-15-18(16-22(28-3)23(19)29-4)17-25-13-11-24(26,12-14-25)20-9-6-7-10-21(20)27-2/h5-7,9-10,15-16,26H,1,8,11-14,17H2,2-4H3. The molecule has 1 N–H and O–H groups in total. The van der Waals surface area contributed by atoms with Crippen molar-refractivity contribution in [2.75, 3.05) is 34.4 Å². The highest BCUT2D eigenvalue weighted by Crippen LogP contribution is 2.39. The number of methoxy groups -OCH3 is 3. The minimum absolute atomic E-state index is 0.667. The highest BCUT2D eigenvalue weighted by Gasteiger charge is 2.36. The molecular weight excluding hydrogens is 366 g/mol. The van der Waals surface area contributed by atoms with E-state index < -0.39 is 5.60 Å². The summed E-state index contributed by atoms with van der Waals surface area (Å²) in [5, 5.41) is 11.2. The summed E-state index contributed by atoms with van der Waals surface area (Å²) in [6.07, 6.45) is 3.93. The number of piperidine rings is 1. The summed E-state index contributed by atoms with van der Waals surface area (Å²) < 4.78 is 16.5. The Morgan fingerprint density at radius 2 is 1.72 bits per heavy atom. The smallest absolute Gasteiger partial charge is 0.164 e. The minimum atomic E-state index is -0.852. The number of rotatable bonds is 8. The average Bonchev–Trinajstić information content (AvgIpc) is 2.75. The van der Waals surface area contributed by atoms with E-state index in [1.165, 1.54) is 5.56 Å². The predicted octanol–water partition coefficient (Wildman–Crippen LogP) is 3.92. The molecule has 0 bridgehead atoms. The maximum Gasteiger partial charge on any atom is 0.164 e. The minimum Gasteiger partial charge on any atom is -0.496 e. The molecule has 2 aromatic carbocycles. The highest BCUT2D eigenvalue weighted by atomic mass is 16.5. The molecule has 2 aromatic rings. The maximum absolute atomic E-state index is 11.2. The molecule has 29 heavy (non-hydrogen) atoms. The molecule has 1 saturated heterocycles. The number of nitrogens with zero attached hydrogens (tertiary/aromatic N) is 1. The molecule has 3 rings (SSSR count). The molecular formula is C24H31NO4. The van der Waals surface area contributed by atoms with Gasteiger partial charge >= 0.3 is 0 Å². The molecule has 0 radical (unpaired) electrons. The largest absolute Gasteiger partial charge is 0.496 e. The first kappa shape index (κ1) is 21.2. The Kier molecular flexibility index (Phi) is 6.83. The van der Waals surface area contributed by atoms with Crippen LogP contribution in [-0.2, 0) is 18.6 Å². The fourth-order valence-corrected chi connectivity index (χ4v) is 4.14. The van der Waals surface area contributed by atoms with Crippen molar-refractivity contribution in [3.8, 4) is 17.2 Å². The number of para-hydroxylation sites is 1. The Labute approximate surface area is 173 Å². The fraction of sp³-hybridized carbons (Fsp3) is 0.417. The molecule has 0 spiro atoms. The molecule has 0 unspecified atom stereocenters. The van der Waals surface area contributed by atoms with Crippen LogP contribution in [0, 0.1) is 0 Å². The predicted molar refractivity (Wildman–Crippen MR) is 115 cm³/mol. The second-order valence-corrected chi connectivity index (χ2v) is 7.49. The quantitative estimate of drug-likeness (QED) is 0.684. The van der Waals surface area contributed by atoms with Crippen LogP contribution >= 0.6 is 0 Å². The van der Waals surface area contributed by atoms with E-state index in [9.17, 15) is 5.11 Å². The lowest BCUT2D eigenvalue weighted by molar-refractivity contribution is -0.0292. The Bertz CT molecular complexity index is 841. The highest BCUT2D eigenvalue weighted by molar-refractivity contribution is 5.50. The van der Waals surface area contributed by atoms with Gasteiger partial charge in [0, 0.05) is 30.8 Å². The third kappa shape index (κ3) is 4.57. The summed E-state index contributed by atoms with van der Waals surface area (Å²) >= 11 is 0. The molecule has 5 heteroatoms. The van der Waals surface area contributed by atoms with Crippen LogP contribution in [0.1, 0.15) is 29.5 Å². The maximum atomic E-state index is 11.2. The van der Waals surface area contributed by atoms with Gasteiger partial charge in [0.1, 0.15) is 5.75 Å². The molecule has 0 amide bonds. The van der Waals surface area contributed by atoms with Crippen molar-refractivity contribution in [3.63, 3.8) is 0 Å². The third-order valence-corrected chi connectivity index (χ3v) is 5.68. The summed E-state index contributed by atoms with van der Waals surface area (Å²) in [6, 6.07) is 11.9. The van der Waals surface area contributed by atoms with Gasteiger partial charge in [-0.15, -0.1) is 6.58 Å². The van der Waals surface area contributed by atoms with Crippen molar-refractivity contribution in [1.29, 1.82) is 0 Å². The first-order valence-electron chi connectivity index (χ1n) is 9.97. The first-order chi connectivity index (χ1) is 14.0. The molecule has 1 fully saturated rings. The fourth-order valence-electron chi connectivity index (χ4n) is 4.14. The molecule has 0 saturated carbocycles. The number of benzene rings is 2. The van der Waals surface area contributed by atoms with Crippen molar-refractivity contribution in [3.05, 3.63) is 65.7 Å². The molecule has 1 aliphatic rings. The second kappa shape index (κ2) is 9.33. The normalized spacial score (nSPS) is 16.3. The molecule has 1 heterocycles. The van der Waals surface area contributed by atoms with Crippen LogP contribution in [0.15, 0.2) is 49.1 Å². The molecule has 1 aliphatic heterocycles. The zero-order valence-electron chi connectivity index (χ0n) is 17.6. The Morgan fingerprint density at radius 1 is 1.03 bits per heavy atom. The summed E-state index contributed by atoms with van der Waals surface area (Å²) in [6.45, 7) is 6.25. The summed E-state index contributed by atoms with van der Waals surface area (Å²) in [4.78, 5) is 2.36. The van der Waals surface area contributed by atoms with Crippen LogP contribution in [0.2, 0.25) is 0 Å². The number of hydrogen-bond donors (Lipinski definition) is 1. The van der Waals surface area contributed by atoms with Crippen LogP contribution in [-0.4, -0.2) is 44.4 Å². The van der Waals surface area contributed by atoms with Crippen molar-refractivity contribution >= 4 is 0 Å². The van der Waals surface area contributed by atoms with Gasteiger partial charge in [-0.25, -0.2) is 0 Å². The van der Waals surface area contributed by atoms with Crippen LogP contribution in [0.25, 0.3) is 0 Å². The van der Waals surface area contributed by atoms with Crippen LogP contribution < -0.4 is 14.2 Å². The number of ether oxygens (including phenoxy) is 3. The number of hydrogen-bond acceptors (Lipinski definition) is 5. The molecule has 0 aromatic heterocycles. The van der Waals surface area contributed by atoms with E-state index >= 15 is 0 Å². The Balaban J connectivity index is 1.74. The summed E-state index contributed by atoms with van der Waals surface area (Å²) in [7, 11) is 4.97. The zero-order valence-corrected chi connectivity index (χ0v) is 17.6. The van der Waals surface area contributed by atoms with Gasteiger partial charge in [0.2, 0.25) is 0 Å². The van der Waals surface area contributed by atoms with Crippen LogP contribution in [0.3, 0.4) is 0 Å². The zero-order chi connectivity index (χ0) is 20.9. The molecule has 0 atom stereocenters. The van der Waals surface area contributed by atoms with Gasteiger partial charge in [0.15, 0.2) is 11.5 Å². The van der Waals surface area contributed by atoms with E-state index in [2.05, 4.69) is 17.5 Å². The van der Waals surface area contributed by atoms with E-state index in [4.69, 9.17) is 14.2 Å². The van der Waals surface area contributed by atoms with E-state index in [1.54, 1.807) is 21.3 Å². The van der Waals surface area contributed by atoms with Crippen molar-refractivity contribution in [2.24, 2.45) is 0 Å². The Hall–Kier alpha value is -2.50. The van der Waals surface area contributed by atoms with Gasteiger partial charge in [-0.3, -0.25) is 4.90 Å². The summed E-state index contributed by atoms with van der Waals surface area (Å²) in [5.74, 6) is 2.25. The van der Waals surface area contributed by atoms with Gasteiger partial charge in [-0.1, -0.05) is 30.3 Å². The van der Waals surface area contributed by atoms with E-state index in [0.29, 0.717) is 12.8 Å². The molecule has 5 nitrogen and oxygen atoms in total. The molecule has 156 valence electrons. The third-order valence-electron chi connectivity index (χ3n) is 5.68. The van der Waals surface area contributed by atoms with E-state index in [0.717, 1.165) is 54.4 Å². The molecule has 0 aliphatic carbocycles.